The minimum Gasteiger partial charge on any atom is -0.494 e. The van der Waals surface area contributed by atoms with Crippen LogP contribution in [0.5, 0.6) is 5.75 Å². The van der Waals surface area contributed by atoms with E-state index in [4.69, 9.17) is 4.74 Å². The Balaban J connectivity index is 1.59. The van der Waals surface area contributed by atoms with Gasteiger partial charge in [0.05, 0.1) is 12.6 Å². The third-order valence-corrected chi connectivity index (χ3v) is 4.69. The summed E-state index contributed by atoms with van der Waals surface area (Å²) in [5.74, 6) is 0.717. The van der Waals surface area contributed by atoms with Crippen LogP contribution in [0.1, 0.15) is 41.7 Å². The summed E-state index contributed by atoms with van der Waals surface area (Å²) in [5, 5.41) is 3.32. The van der Waals surface area contributed by atoms with Gasteiger partial charge in [0.15, 0.2) is 5.78 Å². The number of ether oxygens (including phenoxy) is 1. The van der Waals surface area contributed by atoms with Crippen molar-refractivity contribution in [1.29, 1.82) is 0 Å². The number of carbonyl (C=O) groups excluding carboxylic acids is 2. The normalized spacial score (nSPS) is 16.8. The topological polar surface area (TPSA) is 71.5 Å². The molecule has 1 N–H and O–H groups in total. The van der Waals surface area contributed by atoms with Gasteiger partial charge in [0.25, 0.3) is 0 Å². The fourth-order valence-corrected chi connectivity index (χ4v) is 3.29. The molecule has 6 heteroatoms. The fourth-order valence-electron chi connectivity index (χ4n) is 3.29. The van der Waals surface area contributed by atoms with Gasteiger partial charge < -0.3 is 15.0 Å². The van der Waals surface area contributed by atoms with Crippen LogP contribution in [0.3, 0.4) is 0 Å². The molecule has 2 aromatic rings. The van der Waals surface area contributed by atoms with Crippen molar-refractivity contribution in [3.8, 4) is 5.75 Å². The third-order valence-electron chi connectivity index (χ3n) is 4.69. The largest absolute Gasteiger partial charge is 0.494 e. The third kappa shape index (κ3) is 4.92. The summed E-state index contributed by atoms with van der Waals surface area (Å²) in [7, 11) is 0. The first-order chi connectivity index (χ1) is 13.2. The van der Waals surface area contributed by atoms with E-state index in [1.807, 2.05) is 24.0 Å². The molecule has 142 valence electrons. The molecule has 0 aliphatic carbocycles. The van der Waals surface area contributed by atoms with Gasteiger partial charge in [-0.25, -0.2) is 0 Å². The lowest BCUT2D eigenvalue weighted by Gasteiger charge is -2.36. The number of benzene rings is 1. The lowest BCUT2D eigenvalue weighted by atomic mass is 10.0. The maximum absolute atomic E-state index is 12.8. The van der Waals surface area contributed by atoms with Crippen LogP contribution in [0.25, 0.3) is 0 Å². The van der Waals surface area contributed by atoms with Crippen molar-refractivity contribution in [3.05, 3.63) is 59.9 Å². The van der Waals surface area contributed by atoms with Crippen LogP contribution in [0, 0.1) is 0 Å². The van der Waals surface area contributed by atoms with Gasteiger partial charge in [0.2, 0.25) is 5.91 Å². The van der Waals surface area contributed by atoms with Crippen LogP contribution in [0.2, 0.25) is 0 Å². The minimum atomic E-state index is -0.0412. The molecule has 1 aliphatic rings. The van der Waals surface area contributed by atoms with Crippen molar-refractivity contribution in [2.45, 2.75) is 25.8 Å². The van der Waals surface area contributed by atoms with Crippen molar-refractivity contribution in [1.82, 2.24) is 15.2 Å². The monoisotopic (exact) mass is 367 g/mol. The quantitative estimate of drug-likeness (QED) is 0.762. The molecular weight excluding hydrogens is 342 g/mol. The number of piperazine rings is 1. The van der Waals surface area contributed by atoms with E-state index in [0.717, 1.165) is 17.9 Å². The average Bonchev–Trinajstić information content (AvgIpc) is 2.73. The molecule has 1 aliphatic heterocycles. The molecule has 1 aromatic carbocycles. The SMILES string of the molecule is CCOc1ccc(C(=O)CCC(=O)N2CCNCC2c2cccnc2)cc1. The van der Waals surface area contributed by atoms with Crippen LogP contribution in [0.4, 0.5) is 0 Å². The van der Waals surface area contributed by atoms with E-state index >= 15 is 0 Å². The summed E-state index contributed by atoms with van der Waals surface area (Å²) < 4.78 is 5.39. The molecule has 1 amide bonds. The van der Waals surface area contributed by atoms with Gasteiger partial charge >= 0.3 is 0 Å². The van der Waals surface area contributed by atoms with Crippen LogP contribution in [0.15, 0.2) is 48.8 Å². The van der Waals surface area contributed by atoms with Gasteiger partial charge in [-0.1, -0.05) is 6.07 Å². The molecule has 2 heterocycles. The van der Waals surface area contributed by atoms with Crippen LogP contribution >= 0.6 is 0 Å². The van der Waals surface area contributed by atoms with Crippen LogP contribution in [-0.4, -0.2) is 47.8 Å². The molecule has 6 nitrogen and oxygen atoms in total. The van der Waals surface area contributed by atoms with E-state index in [1.54, 1.807) is 36.7 Å². The number of rotatable bonds is 7. The maximum Gasteiger partial charge on any atom is 0.223 e. The van der Waals surface area contributed by atoms with Crippen molar-refractivity contribution in [3.63, 3.8) is 0 Å². The Morgan fingerprint density at radius 2 is 2.04 bits per heavy atom. The first kappa shape index (κ1) is 19.0. The minimum absolute atomic E-state index is 0.00430. The number of nitrogens with one attached hydrogen (secondary N) is 1. The molecule has 3 rings (SSSR count). The predicted molar refractivity (Wildman–Crippen MR) is 103 cm³/mol. The zero-order valence-corrected chi connectivity index (χ0v) is 15.6. The van der Waals surface area contributed by atoms with Gasteiger partial charge in [-0.05, 0) is 42.8 Å². The summed E-state index contributed by atoms with van der Waals surface area (Å²) >= 11 is 0. The lowest BCUT2D eigenvalue weighted by molar-refractivity contribution is -0.134. The molecule has 1 aromatic heterocycles. The Morgan fingerprint density at radius 1 is 1.22 bits per heavy atom. The number of hydrogen-bond acceptors (Lipinski definition) is 5. The van der Waals surface area contributed by atoms with Gasteiger partial charge in [-0.3, -0.25) is 14.6 Å². The fraction of sp³-hybridized carbons (Fsp3) is 0.381. The second kappa shape index (κ2) is 9.28. The molecular formula is C21H25N3O3. The van der Waals surface area contributed by atoms with Crippen molar-refractivity contribution < 1.29 is 14.3 Å². The van der Waals surface area contributed by atoms with Gasteiger partial charge in [-0.2, -0.15) is 0 Å². The number of carbonyl (C=O) groups is 2. The van der Waals surface area contributed by atoms with Crippen LogP contribution < -0.4 is 10.1 Å². The zero-order chi connectivity index (χ0) is 19.1. The summed E-state index contributed by atoms with van der Waals surface area (Å²) in [4.78, 5) is 31.2. The second-order valence-electron chi connectivity index (χ2n) is 6.47. The summed E-state index contributed by atoms with van der Waals surface area (Å²) in [5.41, 5.74) is 1.62. The molecule has 0 saturated carbocycles. The highest BCUT2D eigenvalue weighted by Crippen LogP contribution is 2.23. The highest BCUT2D eigenvalue weighted by molar-refractivity contribution is 5.98. The second-order valence-corrected chi connectivity index (χ2v) is 6.47. The number of Topliss-reactive ketones (excluding diaryl/α,β-unsaturated/α-hetero) is 1. The van der Waals surface area contributed by atoms with Crippen molar-refractivity contribution in [2.75, 3.05) is 26.2 Å². The summed E-state index contributed by atoms with van der Waals surface area (Å²) in [6, 6.07) is 10.9. The number of pyridine rings is 1. The Kier molecular flexibility index (Phi) is 6.54. The summed E-state index contributed by atoms with van der Waals surface area (Å²) in [6.07, 6.45) is 3.93. The van der Waals surface area contributed by atoms with Gasteiger partial charge in [-0.15, -0.1) is 0 Å². The number of nitrogens with zero attached hydrogens (tertiary/aromatic N) is 2. The average molecular weight is 367 g/mol. The van der Waals surface area contributed by atoms with Gasteiger partial charge in [0.1, 0.15) is 5.75 Å². The van der Waals surface area contributed by atoms with Crippen molar-refractivity contribution in [2.24, 2.45) is 0 Å². The molecule has 27 heavy (non-hydrogen) atoms. The van der Waals surface area contributed by atoms with E-state index in [2.05, 4.69) is 10.3 Å². The van der Waals surface area contributed by atoms with E-state index in [-0.39, 0.29) is 30.6 Å². The molecule has 0 radical (unpaired) electrons. The Labute approximate surface area is 159 Å². The first-order valence-electron chi connectivity index (χ1n) is 9.35. The lowest BCUT2D eigenvalue weighted by Crippen LogP contribution is -2.48. The van der Waals surface area contributed by atoms with E-state index in [9.17, 15) is 9.59 Å². The number of aromatic nitrogens is 1. The predicted octanol–water partition coefficient (Wildman–Crippen LogP) is 2.62. The van der Waals surface area contributed by atoms with E-state index in [1.165, 1.54) is 0 Å². The summed E-state index contributed by atoms with van der Waals surface area (Å²) in [6.45, 7) is 4.60. The number of ketones is 1. The molecule has 1 unspecified atom stereocenters. The smallest absolute Gasteiger partial charge is 0.223 e. The maximum atomic E-state index is 12.8. The first-order valence-corrected chi connectivity index (χ1v) is 9.35. The molecule has 1 atom stereocenters. The highest BCUT2D eigenvalue weighted by Gasteiger charge is 2.28. The van der Waals surface area contributed by atoms with E-state index in [0.29, 0.717) is 25.3 Å². The molecule has 1 saturated heterocycles. The highest BCUT2D eigenvalue weighted by atomic mass is 16.5. The molecule has 0 bridgehead atoms. The molecule has 1 fully saturated rings. The van der Waals surface area contributed by atoms with Crippen molar-refractivity contribution >= 4 is 11.7 Å². The standard InChI is InChI=1S/C21H25N3O3/c1-2-27-18-7-5-16(6-8-18)20(25)9-10-21(26)24-13-12-23-15-19(24)17-4-3-11-22-14-17/h3-8,11,14,19,23H,2,9-10,12-13,15H2,1H3. The van der Waals surface area contributed by atoms with E-state index < -0.39 is 0 Å². The Morgan fingerprint density at radius 3 is 2.74 bits per heavy atom. The molecule has 0 spiro atoms. The zero-order valence-electron chi connectivity index (χ0n) is 15.6. The number of hydrogen-bond donors (Lipinski definition) is 1. The Hall–Kier alpha value is -2.73. The number of amides is 1. The van der Waals surface area contributed by atoms with Crippen LogP contribution in [-0.2, 0) is 4.79 Å². The Bertz CT molecular complexity index is 762. The van der Waals surface area contributed by atoms with Gasteiger partial charge in [0, 0.05) is 50.4 Å².